The fourth-order valence-electron chi connectivity index (χ4n) is 1.99. The molecule has 2 aliphatic heterocycles. The van der Waals surface area contributed by atoms with E-state index < -0.39 is 0 Å². The van der Waals surface area contributed by atoms with Crippen LogP contribution in [0.2, 0.25) is 0 Å². The molecule has 5 heteroatoms. The van der Waals surface area contributed by atoms with Crippen molar-refractivity contribution in [3.8, 4) is 0 Å². The zero-order valence-electron chi connectivity index (χ0n) is 7.81. The molecule has 3 heterocycles. The Morgan fingerprint density at radius 1 is 1.43 bits per heavy atom. The van der Waals surface area contributed by atoms with Crippen LogP contribution < -0.4 is 10.6 Å². The van der Waals surface area contributed by atoms with Gasteiger partial charge in [0.1, 0.15) is 5.82 Å². The number of rotatable bonds is 1. The highest BCUT2D eigenvalue weighted by Crippen LogP contribution is 2.38. The van der Waals surface area contributed by atoms with E-state index in [0.717, 1.165) is 32.3 Å². The van der Waals surface area contributed by atoms with Crippen LogP contribution in [0.3, 0.4) is 0 Å². The van der Waals surface area contributed by atoms with E-state index in [0.29, 0.717) is 11.2 Å². The fourth-order valence-corrected chi connectivity index (χ4v) is 1.99. The molecule has 14 heavy (non-hydrogen) atoms. The molecule has 0 amide bonds. The standard InChI is InChI=1S/C9H12N4O/c10-7-1-2-11-8(12-7)13-3-9(4-13)5-14-6-9/h1-2H,3-6H2,(H2,10,11,12). The molecule has 5 nitrogen and oxygen atoms in total. The quantitative estimate of drug-likeness (QED) is 0.673. The van der Waals surface area contributed by atoms with Gasteiger partial charge in [0.05, 0.1) is 18.6 Å². The minimum Gasteiger partial charge on any atom is -0.384 e. The molecule has 2 N–H and O–H groups in total. The monoisotopic (exact) mass is 192 g/mol. The smallest absolute Gasteiger partial charge is 0.227 e. The summed E-state index contributed by atoms with van der Waals surface area (Å²) < 4.78 is 5.20. The van der Waals surface area contributed by atoms with Gasteiger partial charge in [0.15, 0.2) is 0 Å². The zero-order valence-corrected chi connectivity index (χ0v) is 7.81. The molecule has 0 aromatic carbocycles. The van der Waals surface area contributed by atoms with Crippen LogP contribution in [-0.2, 0) is 4.74 Å². The Morgan fingerprint density at radius 2 is 2.21 bits per heavy atom. The van der Waals surface area contributed by atoms with Crippen molar-refractivity contribution in [1.82, 2.24) is 9.97 Å². The Labute approximate surface area is 81.9 Å². The van der Waals surface area contributed by atoms with Crippen LogP contribution in [0.4, 0.5) is 11.8 Å². The van der Waals surface area contributed by atoms with Gasteiger partial charge < -0.3 is 15.4 Å². The number of aromatic nitrogens is 2. The van der Waals surface area contributed by atoms with E-state index in [-0.39, 0.29) is 0 Å². The summed E-state index contributed by atoms with van der Waals surface area (Å²) >= 11 is 0. The second-order valence-electron chi connectivity index (χ2n) is 4.13. The van der Waals surface area contributed by atoms with Crippen LogP contribution in [0.15, 0.2) is 12.3 Å². The van der Waals surface area contributed by atoms with Crippen molar-refractivity contribution in [2.75, 3.05) is 36.9 Å². The molecule has 1 aromatic heterocycles. The lowest BCUT2D eigenvalue weighted by Gasteiger charge is -2.54. The van der Waals surface area contributed by atoms with Gasteiger partial charge in [-0.3, -0.25) is 0 Å². The number of hydrogen-bond acceptors (Lipinski definition) is 5. The van der Waals surface area contributed by atoms with Gasteiger partial charge in [-0.05, 0) is 6.07 Å². The lowest BCUT2D eigenvalue weighted by Crippen LogP contribution is -2.66. The number of anilines is 2. The molecule has 3 rings (SSSR count). The van der Waals surface area contributed by atoms with Gasteiger partial charge in [-0.1, -0.05) is 0 Å². The molecule has 0 aliphatic carbocycles. The van der Waals surface area contributed by atoms with E-state index in [1.807, 2.05) is 0 Å². The number of nitrogens with zero attached hydrogens (tertiary/aromatic N) is 3. The minimum absolute atomic E-state index is 0.397. The summed E-state index contributed by atoms with van der Waals surface area (Å²) in [7, 11) is 0. The number of ether oxygens (including phenoxy) is 1. The van der Waals surface area contributed by atoms with Crippen molar-refractivity contribution in [3.05, 3.63) is 12.3 Å². The van der Waals surface area contributed by atoms with Gasteiger partial charge in [-0.25, -0.2) is 4.98 Å². The van der Waals surface area contributed by atoms with E-state index in [4.69, 9.17) is 10.5 Å². The topological polar surface area (TPSA) is 64.3 Å². The average Bonchev–Trinajstić information content (AvgIpc) is 1.98. The maximum absolute atomic E-state index is 5.59. The Hall–Kier alpha value is -1.36. The molecule has 1 spiro atoms. The summed E-state index contributed by atoms with van der Waals surface area (Å²) in [6.45, 7) is 3.75. The van der Waals surface area contributed by atoms with Crippen LogP contribution in [0, 0.1) is 5.41 Å². The predicted molar refractivity (Wildman–Crippen MR) is 51.9 cm³/mol. The second-order valence-corrected chi connectivity index (χ2v) is 4.13. The minimum atomic E-state index is 0.397. The van der Waals surface area contributed by atoms with Gasteiger partial charge >= 0.3 is 0 Å². The Kier molecular flexibility index (Phi) is 1.47. The van der Waals surface area contributed by atoms with E-state index in [2.05, 4.69) is 14.9 Å². The number of nitrogens with two attached hydrogens (primary N) is 1. The Balaban J connectivity index is 1.73. The normalized spacial score (nSPS) is 23.0. The maximum Gasteiger partial charge on any atom is 0.227 e. The molecule has 0 saturated carbocycles. The summed E-state index contributed by atoms with van der Waals surface area (Å²) in [6, 6.07) is 1.70. The van der Waals surface area contributed by atoms with Crippen LogP contribution in [0.25, 0.3) is 0 Å². The van der Waals surface area contributed by atoms with Gasteiger partial charge in [-0.15, -0.1) is 0 Å². The number of nitrogen functional groups attached to an aromatic ring is 1. The van der Waals surface area contributed by atoms with E-state index >= 15 is 0 Å². The first-order valence-corrected chi connectivity index (χ1v) is 4.69. The van der Waals surface area contributed by atoms with Crippen LogP contribution in [-0.4, -0.2) is 36.3 Å². The average molecular weight is 192 g/mol. The SMILES string of the molecule is Nc1ccnc(N2CC3(COC3)C2)n1. The Morgan fingerprint density at radius 3 is 2.79 bits per heavy atom. The third-order valence-corrected chi connectivity index (χ3v) is 2.82. The third-order valence-electron chi connectivity index (χ3n) is 2.82. The molecule has 2 aliphatic rings. The van der Waals surface area contributed by atoms with Gasteiger partial charge in [0.25, 0.3) is 0 Å². The van der Waals surface area contributed by atoms with E-state index in [1.54, 1.807) is 12.3 Å². The van der Waals surface area contributed by atoms with E-state index in [9.17, 15) is 0 Å². The summed E-state index contributed by atoms with van der Waals surface area (Å²) in [4.78, 5) is 10.5. The van der Waals surface area contributed by atoms with Crippen LogP contribution in [0.1, 0.15) is 0 Å². The summed E-state index contributed by atoms with van der Waals surface area (Å²) in [5.41, 5.74) is 5.98. The first-order chi connectivity index (χ1) is 6.77. The van der Waals surface area contributed by atoms with Crippen molar-refractivity contribution in [1.29, 1.82) is 0 Å². The molecule has 74 valence electrons. The fraction of sp³-hybridized carbons (Fsp3) is 0.556. The first-order valence-electron chi connectivity index (χ1n) is 4.69. The highest BCUT2D eigenvalue weighted by atomic mass is 16.5. The summed E-state index contributed by atoms with van der Waals surface area (Å²) in [5, 5.41) is 0. The maximum atomic E-state index is 5.59. The van der Waals surface area contributed by atoms with Crippen molar-refractivity contribution < 1.29 is 4.74 Å². The summed E-state index contributed by atoms with van der Waals surface area (Å²) in [6.07, 6.45) is 1.69. The van der Waals surface area contributed by atoms with Crippen molar-refractivity contribution in [3.63, 3.8) is 0 Å². The molecular formula is C9H12N4O. The second kappa shape index (κ2) is 2.57. The molecule has 0 radical (unpaired) electrons. The molecule has 2 saturated heterocycles. The predicted octanol–water partition coefficient (Wildman–Crippen LogP) is -0.105. The van der Waals surface area contributed by atoms with E-state index in [1.165, 1.54) is 0 Å². The van der Waals surface area contributed by atoms with Crippen LogP contribution >= 0.6 is 0 Å². The van der Waals surface area contributed by atoms with Gasteiger partial charge in [0.2, 0.25) is 5.95 Å². The highest BCUT2D eigenvalue weighted by molar-refractivity contribution is 5.41. The Bertz CT molecular complexity index is 356. The molecule has 2 fully saturated rings. The van der Waals surface area contributed by atoms with Gasteiger partial charge in [0, 0.05) is 19.3 Å². The first kappa shape index (κ1) is 7.99. The molecule has 0 atom stereocenters. The van der Waals surface area contributed by atoms with Gasteiger partial charge in [-0.2, -0.15) is 4.98 Å². The largest absolute Gasteiger partial charge is 0.384 e. The molecule has 0 bridgehead atoms. The zero-order chi connectivity index (χ0) is 9.60. The van der Waals surface area contributed by atoms with Crippen molar-refractivity contribution >= 4 is 11.8 Å². The van der Waals surface area contributed by atoms with Crippen molar-refractivity contribution in [2.45, 2.75) is 0 Å². The lowest BCUT2D eigenvalue weighted by atomic mass is 9.78. The summed E-state index contributed by atoms with van der Waals surface area (Å²) in [5.74, 6) is 1.27. The highest BCUT2D eigenvalue weighted by Gasteiger charge is 2.49. The molecule has 0 unspecified atom stereocenters. The van der Waals surface area contributed by atoms with Crippen molar-refractivity contribution in [2.24, 2.45) is 5.41 Å². The van der Waals surface area contributed by atoms with Crippen LogP contribution in [0.5, 0.6) is 0 Å². The third kappa shape index (κ3) is 1.05. The molecule has 1 aromatic rings. The molecular weight excluding hydrogens is 180 g/mol. The number of hydrogen-bond donors (Lipinski definition) is 1. The lowest BCUT2D eigenvalue weighted by molar-refractivity contribution is -0.127.